The van der Waals surface area contributed by atoms with Gasteiger partial charge in [-0.2, -0.15) is 0 Å². The fourth-order valence-electron chi connectivity index (χ4n) is 1.10. The van der Waals surface area contributed by atoms with Gasteiger partial charge in [-0.3, -0.25) is 0 Å². The van der Waals surface area contributed by atoms with Crippen LogP contribution in [-0.4, -0.2) is 17.4 Å². The van der Waals surface area contributed by atoms with Gasteiger partial charge in [0.2, 0.25) is 0 Å². The second kappa shape index (κ2) is 4.65. The molecule has 0 saturated carbocycles. The maximum atomic E-state index is 9.63. The van der Waals surface area contributed by atoms with Gasteiger partial charge in [-0.05, 0) is 30.9 Å². The second-order valence-electron chi connectivity index (χ2n) is 3.08. The van der Waals surface area contributed by atoms with Crippen LogP contribution >= 0.6 is 11.8 Å². The molecular weight excluding hydrogens is 182 g/mol. The minimum Gasteiger partial charge on any atom is -0.387 e. The van der Waals surface area contributed by atoms with Crippen LogP contribution in [-0.2, 0) is 0 Å². The molecule has 72 valence electrons. The molecule has 0 aliphatic rings. The minimum atomic E-state index is -0.559. The Labute approximate surface area is 83.1 Å². The van der Waals surface area contributed by atoms with Crippen LogP contribution in [0.2, 0.25) is 0 Å². The van der Waals surface area contributed by atoms with Crippen LogP contribution in [0.5, 0.6) is 0 Å². The summed E-state index contributed by atoms with van der Waals surface area (Å²) in [7, 11) is 0. The predicted octanol–water partition coefficient (Wildman–Crippen LogP) is 1.79. The van der Waals surface area contributed by atoms with Gasteiger partial charge < -0.3 is 10.8 Å². The van der Waals surface area contributed by atoms with Gasteiger partial charge in [0.25, 0.3) is 0 Å². The standard InChI is InChI=1S/C10H15NOS/c1-7(11)10(12)8-3-5-9(13-2)6-4-8/h3-7,10,12H,11H2,1-2H3/t7-,10+/m1/s1. The monoisotopic (exact) mass is 197 g/mol. The molecule has 0 bridgehead atoms. The molecule has 0 aliphatic heterocycles. The minimum absolute atomic E-state index is 0.222. The first kappa shape index (κ1) is 10.6. The maximum Gasteiger partial charge on any atom is 0.0938 e. The molecule has 0 unspecified atom stereocenters. The van der Waals surface area contributed by atoms with Crippen LogP contribution in [0.1, 0.15) is 18.6 Å². The van der Waals surface area contributed by atoms with Crippen LogP contribution in [0.3, 0.4) is 0 Å². The Bertz CT molecular complexity index is 258. The van der Waals surface area contributed by atoms with E-state index in [1.54, 1.807) is 18.7 Å². The molecule has 1 aromatic carbocycles. The van der Waals surface area contributed by atoms with Crippen molar-refractivity contribution < 1.29 is 5.11 Å². The molecule has 0 radical (unpaired) electrons. The van der Waals surface area contributed by atoms with Crippen molar-refractivity contribution in [2.24, 2.45) is 5.73 Å². The van der Waals surface area contributed by atoms with Gasteiger partial charge in [0.15, 0.2) is 0 Å². The number of hydrogen-bond acceptors (Lipinski definition) is 3. The lowest BCUT2D eigenvalue weighted by Crippen LogP contribution is -2.24. The molecule has 0 aromatic heterocycles. The average Bonchev–Trinajstić information content (AvgIpc) is 2.17. The largest absolute Gasteiger partial charge is 0.387 e. The number of aliphatic hydroxyl groups excluding tert-OH is 1. The smallest absolute Gasteiger partial charge is 0.0938 e. The molecule has 13 heavy (non-hydrogen) atoms. The van der Waals surface area contributed by atoms with Gasteiger partial charge >= 0.3 is 0 Å². The van der Waals surface area contributed by atoms with Crippen LogP contribution in [0, 0.1) is 0 Å². The van der Waals surface area contributed by atoms with Gasteiger partial charge in [-0.1, -0.05) is 12.1 Å². The van der Waals surface area contributed by atoms with Gasteiger partial charge in [-0.15, -0.1) is 11.8 Å². The first-order valence-corrected chi connectivity index (χ1v) is 5.45. The SMILES string of the molecule is CSc1ccc([C@@H](O)[C@@H](C)N)cc1. The fourth-order valence-corrected chi connectivity index (χ4v) is 1.51. The van der Waals surface area contributed by atoms with Crippen molar-refractivity contribution in [1.82, 2.24) is 0 Å². The molecule has 1 rings (SSSR count). The molecule has 0 fully saturated rings. The van der Waals surface area contributed by atoms with E-state index in [4.69, 9.17) is 5.73 Å². The topological polar surface area (TPSA) is 46.2 Å². The van der Waals surface area contributed by atoms with E-state index in [1.165, 1.54) is 4.90 Å². The Balaban J connectivity index is 2.79. The molecule has 3 heteroatoms. The highest BCUT2D eigenvalue weighted by atomic mass is 32.2. The highest BCUT2D eigenvalue weighted by molar-refractivity contribution is 7.98. The van der Waals surface area contributed by atoms with E-state index in [-0.39, 0.29) is 6.04 Å². The summed E-state index contributed by atoms with van der Waals surface area (Å²) in [6.45, 7) is 1.80. The molecule has 0 amide bonds. The van der Waals surface area contributed by atoms with Crippen molar-refractivity contribution >= 4 is 11.8 Å². The zero-order chi connectivity index (χ0) is 9.84. The van der Waals surface area contributed by atoms with E-state index < -0.39 is 6.10 Å². The first-order valence-electron chi connectivity index (χ1n) is 4.22. The summed E-state index contributed by atoms with van der Waals surface area (Å²) in [5, 5.41) is 9.63. The average molecular weight is 197 g/mol. The molecular formula is C10H15NOS. The van der Waals surface area contributed by atoms with E-state index in [0.29, 0.717) is 0 Å². The number of benzene rings is 1. The molecule has 2 nitrogen and oxygen atoms in total. The third-order valence-electron chi connectivity index (χ3n) is 1.96. The van der Waals surface area contributed by atoms with E-state index in [2.05, 4.69) is 0 Å². The normalized spacial score (nSPS) is 15.4. The zero-order valence-electron chi connectivity index (χ0n) is 7.90. The van der Waals surface area contributed by atoms with E-state index in [9.17, 15) is 5.11 Å². The first-order chi connectivity index (χ1) is 6.15. The maximum absolute atomic E-state index is 9.63. The van der Waals surface area contributed by atoms with Crippen molar-refractivity contribution in [3.8, 4) is 0 Å². The Hall–Kier alpha value is -0.510. The Morgan fingerprint density at radius 3 is 2.23 bits per heavy atom. The number of nitrogens with two attached hydrogens (primary N) is 1. The van der Waals surface area contributed by atoms with Crippen molar-refractivity contribution in [3.63, 3.8) is 0 Å². The summed E-state index contributed by atoms with van der Waals surface area (Å²) in [6.07, 6.45) is 1.47. The van der Waals surface area contributed by atoms with Crippen LogP contribution < -0.4 is 5.73 Å². The summed E-state index contributed by atoms with van der Waals surface area (Å²) in [6, 6.07) is 7.59. The highest BCUT2D eigenvalue weighted by Crippen LogP contribution is 2.20. The molecule has 2 atom stereocenters. The van der Waals surface area contributed by atoms with Crippen LogP contribution in [0.25, 0.3) is 0 Å². The molecule has 0 spiro atoms. The Morgan fingerprint density at radius 1 is 1.31 bits per heavy atom. The lowest BCUT2D eigenvalue weighted by Gasteiger charge is -2.14. The number of thioether (sulfide) groups is 1. The molecule has 1 aromatic rings. The number of hydrogen-bond donors (Lipinski definition) is 2. The molecule has 0 saturated heterocycles. The molecule has 0 heterocycles. The van der Waals surface area contributed by atoms with Gasteiger partial charge in [0, 0.05) is 10.9 Å². The fraction of sp³-hybridized carbons (Fsp3) is 0.400. The van der Waals surface area contributed by atoms with E-state index >= 15 is 0 Å². The van der Waals surface area contributed by atoms with Crippen molar-refractivity contribution in [1.29, 1.82) is 0 Å². The summed E-state index contributed by atoms with van der Waals surface area (Å²) in [5.41, 5.74) is 6.47. The number of aliphatic hydroxyl groups is 1. The summed E-state index contributed by atoms with van der Waals surface area (Å²) >= 11 is 1.68. The quantitative estimate of drug-likeness (QED) is 0.726. The lowest BCUT2D eigenvalue weighted by molar-refractivity contribution is 0.153. The van der Waals surface area contributed by atoms with Crippen LogP contribution in [0.15, 0.2) is 29.2 Å². The summed E-state index contributed by atoms with van der Waals surface area (Å²) in [4.78, 5) is 1.20. The Morgan fingerprint density at radius 2 is 1.85 bits per heavy atom. The Kier molecular flexibility index (Phi) is 3.78. The van der Waals surface area contributed by atoms with Crippen molar-refractivity contribution in [3.05, 3.63) is 29.8 Å². The zero-order valence-corrected chi connectivity index (χ0v) is 8.71. The molecule has 0 aliphatic carbocycles. The number of rotatable bonds is 3. The molecule has 3 N–H and O–H groups in total. The van der Waals surface area contributed by atoms with Gasteiger partial charge in [0.1, 0.15) is 0 Å². The van der Waals surface area contributed by atoms with E-state index in [0.717, 1.165) is 5.56 Å². The third kappa shape index (κ3) is 2.72. The van der Waals surface area contributed by atoms with Crippen LogP contribution in [0.4, 0.5) is 0 Å². The summed E-state index contributed by atoms with van der Waals surface area (Å²) in [5.74, 6) is 0. The van der Waals surface area contributed by atoms with Gasteiger partial charge in [-0.25, -0.2) is 0 Å². The van der Waals surface area contributed by atoms with Gasteiger partial charge in [0.05, 0.1) is 6.10 Å². The second-order valence-corrected chi connectivity index (χ2v) is 3.96. The van der Waals surface area contributed by atoms with E-state index in [1.807, 2.05) is 30.5 Å². The highest BCUT2D eigenvalue weighted by Gasteiger charge is 2.11. The summed E-state index contributed by atoms with van der Waals surface area (Å²) < 4.78 is 0. The predicted molar refractivity (Wildman–Crippen MR) is 56.8 cm³/mol. The van der Waals surface area contributed by atoms with Crippen molar-refractivity contribution in [2.45, 2.75) is 24.0 Å². The van der Waals surface area contributed by atoms with Crippen molar-refractivity contribution in [2.75, 3.05) is 6.26 Å². The lowest BCUT2D eigenvalue weighted by atomic mass is 10.0. The third-order valence-corrected chi connectivity index (χ3v) is 2.70.